The van der Waals surface area contributed by atoms with Gasteiger partial charge in [0.25, 0.3) is 0 Å². The van der Waals surface area contributed by atoms with Crippen molar-refractivity contribution in [1.29, 1.82) is 0 Å². The van der Waals surface area contributed by atoms with Crippen molar-refractivity contribution in [3.63, 3.8) is 0 Å². The molecule has 0 atom stereocenters. The van der Waals surface area contributed by atoms with Gasteiger partial charge in [-0.05, 0) is 34.5 Å². The van der Waals surface area contributed by atoms with E-state index < -0.39 is 0 Å². The van der Waals surface area contributed by atoms with Crippen LogP contribution in [-0.4, -0.2) is 18.0 Å². The van der Waals surface area contributed by atoms with E-state index in [1.165, 1.54) is 16.3 Å². The molecule has 5 nitrogen and oxygen atoms in total. The van der Waals surface area contributed by atoms with Crippen molar-refractivity contribution >= 4 is 16.7 Å². The molecule has 0 unspecified atom stereocenters. The number of oxazole rings is 1. The number of hydrogen-bond donors (Lipinski definition) is 2. The lowest BCUT2D eigenvalue weighted by atomic mass is 10.1. The highest BCUT2D eigenvalue weighted by Crippen LogP contribution is 2.18. The maximum atomic E-state index is 5.58. The number of rotatable bonds is 5. The Kier molecular flexibility index (Phi) is 5.33. The zero-order valence-corrected chi connectivity index (χ0v) is 15.7. The van der Waals surface area contributed by atoms with Gasteiger partial charge in [0.05, 0.1) is 12.2 Å². The van der Waals surface area contributed by atoms with Crippen molar-refractivity contribution in [1.82, 2.24) is 15.6 Å². The zero-order chi connectivity index (χ0) is 19.2. The Bertz CT molecular complexity index is 1090. The predicted molar refractivity (Wildman–Crippen MR) is 113 cm³/mol. The number of hydrogen-bond acceptors (Lipinski definition) is 3. The molecule has 0 saturated heterocycles. The number of nitrogens with one attached hydrogen (secondary N) is 2. The fourth-order valence-electron chi connectivity index (χ4n) is 3.03. The maximum Gasteiger partial charge on any atom is 0.226 e. The summed E-state index contributed by atoms with van der Waals surface area (Å²) in [7, 11) is 1.76. The van der Waals surface area contributed by atoms with Gasteiger partial charge in [0.1, 0.15) is 6.26 Å². The summed E-state index contributed by atoms with van der Waals surface area (Å²) < 4.78 is 5.58. The van der Waals surface area contributed by atoms with Crippen molar-refractivity contribution < 1.29 is 4.42 Å². The maximum absolute atomic E-state index is 5.58. The van der Waals surface area contributed by atoms with E-state index in [9.17, 15) is 0 Å². The normalized spacial score (nSPS) is 11.5. The molecule has 3 aromatic carbocycles. The van der Waals surface area contributed by atoms with Crippen LogP contribution in [0.3, 0.4) is 0 Å². The van der Waals surface area contributed by atoms with Gasteiger partial charge in [0, 0.05) is 19.2 Å². The number of aliphatic imine (C=N–C) groups is 1. The van der Waals surface area contributed by atoms with Crippen LogP contribution in [0.25, 0.3) is 22.2 Å². The fourth-order valence-corrected chi connectivity index (χ4v) is 3.03. The molecule has 0 saturated carbocycles. The first kappa shape index (κ1) is 17.8. The lowest BCUT2D eigenvalue weighted by Gasteiger charge is -2.11. The Morgan fingerprint density at radius 3 is 2.46 bits per heavy atom. The summed E-state index contributed by atoms with van der Waals surface area (Å²) in [5.74, 6) is 1.34. The lowest BCUT2D eigenvalue weighted by molar-refractivity contribution is 0.572. The minimum absolute atomic E-state index is 0.535. The number of benzene rings is 3. The zero-order valence-electron chi connectivity index (χ0n) is 15.7. The Morgan fingerprint density at radius 1 is 0.893 bits per heavy atom. The molecule has 0 radical (unpaired) electrons. The fraction of sp³-hybridized carbons (Fsp3) is 0.130. The van der Waals surface area contributed by atoms with Gasteiger partial charge in [0.2, 0.25) is 5.89 Å². The van der Waals surface area contributed by atoms with Gasteiger partial charge < -0.3 is 15.1 Å². The minimum atomic E-state index is 0.535. The Balaban J connectivity index is 1.34. The van der Waals surface area contributed by atoms with Gasteiger partial charge in [-0.3, -0.25) is 4.99 Å². The third kappa shape index (κ3) is 4.20. The van der Waals surface area contributed by atoms with E-state index in [4.69, 9.17) is 4.42 Å². The molecule has 0 bridgehead atoms. The average molecular weight is 370 g/mol. The molecule has 0 fully saturated rings. The van der Waals surface area contributed by atoms with Crippen molar-refractivity contribution in [3.8, 4) is 11.5 Å². The molecule has 0 spiro atoms. The van der Waals surface area contributed by atoms with Crippen LogP contribution in [0.5, 0.6) is 0 Å². The largest absolute Gasteiger partial charge is 0.444 e. The molecule has 0 aliphatic heterocycles. The highest BCUT2D eigenvalue weighted by molar-refractivity contribution is 5.83. The number of fused-ring (bicyclic) bond motifs is 1. The van der Waals surface area contributed by atoms with Gasteiger partial charge in [-0.25, -0.2) is 4.98 Å². The minimum Gasteiger partial charge on any atom is -0.444 e. The van der Waals surface area contributed by atoms with E-state index in [-0.39, 0.29) is 0 Å². The highest BCUT2D eigenvalue weighted by Gasteiger charge is 2.07. The molecule has 140 valence electrons. The van der Waals surface area contributed by atoms with Crippen molar-refractivity contribution in [3.05, 3.63) is 90.3 Å². The van der Waals surface area contributed by atoms with Gasteiger partial charge in [-0.2, -0.15) is 0 Å². The highest BCUT2D eigenvalue weighted by atomic mass is 16.3. The summed E-state index contributed by atoms with van der Waals surface area (Å²) >= 11 is 0. The topological polar surface area (TPSA) is 62.5 Å². The van der Waals surface area contributed by atoms with E-state index in [2.05, 4.69) is 63.1 Å². The van der Waals surface area contributed by atoms with Gasteiger partial charge in [-0.1, -0.05) is 54.6 Å². The first-order valence-corrected chi connectivity index (χ1v) is 9.24. The SMILES string of the molecule is CN=C(NCc1ccc2ccccc2c1)NCc1coc(-c2ccccc2)n1. The van der Waals surface area contributed by atoms with Crippen LogP contribution in [0.15, 0.2) is 88.5 Å². The molecule has 0 aliphatic carbocycles. The molecular weight excluding hydrogens is 348 g/mol. The van der Waals surface area contributed by atoms with Crippen LogP contribution >= 0.6 is 0 Å². The summed E-state index contributed by atoms with van der Waals surface area (Å²) in [4.78, 5) is 8.81. The molecule has 4 aromatic rings. The third-order valence-corrected chi connectivity index (χ3v) is 4.51. The number of nitrogens with zero attached hydrogens (tertiary/aromatic N) is 2. The first-order chi connectivity index (χ1) is 13.8. The van der Waals surface area contributed by atoms with Crippen molar-refractivity contribution in [2.75, 3.05) is 7.05 Å². The second-order valence-electron chi connectivity index (χ2n) is 6.47. The molecule has 28 heavy (non-hydrogen) atoms. The van der Waals surface area contributed by atoms with E-state index in [0.717, 1.165) is 17.2 Å². The summed E-state index contributed by atoms with van der Waals surface area (Å²) in [6.45, 7) is 1.23. The summed E-state index contributed by atoms with van der Waals surface area (Å²) in [6, 6.07) is 24.7. The third-order valence-electron chi connectivity index (χ3n) is 4.51. The summed E-state index contributed by atoms with van der Waals surface area (Å²) in [6.07, 6.45) is 1.67. The average Bonchev–Trinajstić information content (AvgIpc) is 3.23. The number of aromatic nitrogens is 1. The van der Waals surface area contributed by atoms with E-state index in [1.807, 2.05) is 30.3 Å². The van der Waals surface area contributed by atoms with Gasteiger partial charge in [0.15, 0.2) is 5.96 Å². The standard InChI is InChI=1S/C23H22N4O/c1-24-23(25-14-17-11-12-18-7-5-6-10-20(18)13-17)26-15-21-16-28-22(27-21)19-8-3-2-4-9-19/h2-13,16H,14-15H2,1H3,(H2,24,25,26). The van der Waals surface area contributed by atoms with Crippen LogP contribution in [0.4, 0.5) is 0 Å². The molecule has 0 aliphatic rings. The van der Waals surface area contributed by atoms with Gasteiger partial charge in [-0.15, -0.1) is 0 Å². The first-order valence-electron chi connectivity index (χ1n) is 9.24. The monoisotopic (exact) mass is 370 g/mol. The van der Waals surface area contributed by atoms with Crippen LogP contribution in [-0.2, 0) is 13.1 Å². The predicted octanol–water partition coefficient (Wildman–Crippen LogP) is 4.36. The van der Waals surface area contributed by atoms with Crippen LogP contribution < -0.4 is 10.6 Å². The Labute approximate surface area is 164 Å². The lowest BCUT2D eigenvalue weighted by Crippen LogP contribution is -2.36. The quantitative estimate of drug-likeness (QED) is 0.405. The van der Waals surface area contributed by atoms with Crippen LogP contribution in [0.2, 0.25) is 0 Å². The summed E-state index contributed by atoms with van der Waals surface area (Å²) in [5.41, 5.74) is 2.99. The summed E-state index contributed by atoms with van der Waals surface area (Å²) in [5, 5.41) is 9.10. The van der Waals surface area contributed by atoms with Crippen LogP contribution in [0.1, 0.15) is 11.3 Å². The molecule has 1 heterocycles. The second kappa shape index (κ2) is 8.39. The Hall–Kier alpha value is -3.60. The van der Waals surface area contributed by atoms with Crippen molar-refractivity contribution in [2.24, 2.45) is 4.99 Å². The van der Waals surface area contributed by atoms with E-state index in [0.29, 0.717) is 19.0 Å². The van der Waals surface area contributed by atoms with Gasteiger partial charge >= 0.3 is 0 Å². The smallest absolute Gasteiger partial charge is 0.226 e. The molecule has 2 N–H and O–H groups in total. The van der Waals surface area contributed by atoms with E-state index in [1.54, 1.807) is 13.3 Å². The van der Waals surface area contributed by atoms with Crippen molar-refractivity contribution in [2.45, 2.75) is 13.1 Å². The molecular formula is C23H22N4O. The molecule has 0 amide bonds. The number of guanidine groups is 1. The molecule has 1 aromatic heterocycles. The van der Waals surface area contributed by atoms with E-state index >= 15 is 0 Å². The second-order valence-corrected chi connectivity index (χ2v) is 6.47. The van der Waals surface area contributed by atoms with Crippen LogP contribution in [0, 0.1) is 0 Å². The molecule has 5 heteroatoms. The molecule has 4 rings (SSSR count). The Morgan fingerprint density at radius 2 is 1.64 bits per heavy atom.